The average Bonchev–Trinajstić information content (AvgIpc) is 0. The summed E-state index contributed by atoms with van der Waals surface area (Å²) in [5, 5.41) is 0. The van der Waals surface area contributed by atoms with Crippen LogP contribution >= 0.6 is 0 Å². The third-order valence-electron chi connectivity index (χ3n) is 0. The topological polar surface area (TPSA) is 0 Å². The van der Waals surface area contributed by atoms with Crippen molar-refractivity contribution in [1.29, 1.82) is 0 Å². The minimum atomic E-state index is 0. The van der Waals surface area contributed by atoms with Crippen LogP contribution in [0.25, 0.3) is 0 Å². The number of rotatable bonds is 0. The van der Waals surface area contributed by atoms with Crippen LogP contribution < -0.4 is 0 Å². The quantitative estimate of drug-likeness (QED) is 0.500. The van der Waals surface area contributed by atoms with Gasteiger partial charge in [0.25, 0.3) is 0 Å². The molecule has 0 aliphatic heterocycles. The molecule has 0 aromatic rings. The maximum absolute atomic E-state index is 0. The molecule has 0 spiro atoms. The monoisotopic (exact) mass is 383 g/mol. The third-order valence-corrected chi connectivity index (χ3v) is 0. The van der Waals surface area contributed by atoms with E-state index in [1.807, 2.05) is 0 Å². The van der Waals surface area contributed by atoms with Gasteiger partial charge in [0.15, 0.2) is 0 Å². The first-order valence-electron chi connectivity index (χ1n) is 0. The molecule has 0 unspecified atom stereocenters. The van der Waals surface area contributed by atoms with E-state index in [0.717, 1.165) is 0 Å². The summed E-state index contributed by atoms with van der Waals surface area (Å²) in [6.07, 6.45) is 0. The van der Waals surface area contributed by atoms with Crippen molar-refractivity contribution in [2.24, 2.45) is 0 Å². The molecule has 0 saturated carbocycles. The van der Waals surface area contributed by atoms with Crippen molar-refractivity contribution in [3.05, 3.63) is 0 Å². The molecule has 21 valence electrons. The van der Waals surface area contributed by atoms with Gasteiger partial charge in [-0.15, -0.1) is 0 Å². The second-order valence-corrected chi connectivity index (χ2v) is 0. The molecule has 0 rings (SSSR count). The van der Waals surface area contributed by atoms with Crippen molar-refractivity contribution in [2.45, 2.75) is 0 Å². The predicted octanol–water partition coefficient (Wildman–Crippen LogP) is -0.388. The first kappa shape index (κ1) is 30.7. The van der Waals surface area contributed by atoms with Crippen LogP contribution in [0.1, 0.15) is 0 Å². The van der Waals surface area contributed by atoms with Crippen LogP contribution in [0.5, 0.6) is 0 Å². The molecular weight excluding hydrogens is 383 g/mol. The van der Waals surface area contributed by atoms with Crippen LogP contribution in [0.2, 0.25) is 0 Å². The molecule has 5 radical (unpaired) electrons. The van der Waals surface area contributed by atoms with Crippen LogP contribution in [0.3, 0.4) is 0 Å². The molecule has 0 heterocycles. The van der Waals surface area contributed by atoms with Crippen LogP contribution in [0, 0.1) is 0 Å². The van der Waals surface area contributed by atoms with Gasteiger partial charge in [-0.3, -0.25) is 0 Å². The van der Waals surface area contributed by atoms with Gasteiger partial charge >= 0.3 is 0 Å². The van der Waals surface area contributed by atoms with Gasteiger partial charge in [-0.25, -0.2) is 0 Å². The number of hydrogen-bond donors (Lipinski definition) is 0. The van der Waals surface area contributed by atoms with Crippen molar-refractivity contribution in [3.8, 4) is 0 Å². The summed E-state index contributed by atoms with van der Waals surface area (Å²) in [6.45, 7) is 0. The average molecular weight is 383 g/mol. The number of hydrogen-bond acceptors (Lipinski definition) is 0. The molecule has 0 N–H and O–H groups in total. The Morgan fingerprint density at radius 2 is 1.00 bits per heavy atom. The molecule has 0 saturated heterocycles. The Bertz CT molecular complexity index is 8.00. The van der Waals surface area contributed by atoms with Gasteiger partial charge in [-0.1, -0.05) is 0 Å². The molecule has 0 aromatic carbocycles. The van der Waals surface area contributed by atoms with Crippen LogP contribution in [0.15, 0.2) is 0 Å². The Hall–Kier alpha value is 2.58. The van der Waals surface area contributed by atoms with E-state index >= 15 is 0 Å². The Labute approximate surface area is 79.7 Å². The molecule has 0 bridgehead atoms. The predicted molar refractivity (Wildman–Crippen MR) is 5.75 cm³/mol. The van der Waals surface area contributed by atoms with Crippen molar-refractivity contribution in [2.75, 3.05) is 0 Å². The van der Waals surface area contributed by atoms with Gasteiger partial charge in [0.2, 0.25) is 0 Å². The summed E-state index contributed by atoms with van der Waals surface area (Å²) < 4.78 is 0. The van der Waals surface area contributed by atoms with Crippen LogP contribution in [-0.4, -0.2) is 27.3 Å². The van der Waals surface area contributed by atoms with E-state index in [0.29, 0.717) is 0 Å². The van der Waals surface area contributed by atoms with Gasteiger partial charge < -0.3 is 0 Å². The minimum absolute atomic E-state index is 0. The molecule has 0 nitrogen and oxygen atoms in total. The fraction of sp³-hybridized carbons (Fsp3) is 0. The normalized spacial score (nSPS) is 0. The van der Waals surface area contributed by atoms with E-state index < -0.39 is 0 Å². The molecule has 0 amide bonds. The molecule has 0 aliphatic carbocycles. The van der Waals surface area contributed by atoms with Gasteiger partial charge in [0.1, 0.15) is 0 Å². The summed E-state index contributed by atoms with van der Waals surface area (Å²) in [5.41, 5.74) is 0. The largest absolute Gasteiger partial charge is 0 e. The molecule has 0 aromatic heterocycles. The zero-order chi connectivity index (χ0) is 0. The van der Waals surface area contributed by atoms with Gasteiger partial charge in [0.05, 0.1) is 0 Å². The second kappa shape index (κ2) is 17.6. The first-order valence-corrected chi connectivity index (χ1v) is 0. The van der Waals surface area contributed by atoms with Crippen molar-refractivity contribution in [1.82, 2.24) is 0 Å². The summed E-state index contributed by atoms with van der Waals surface area (Å²) in [7, 11) is 0. The van der Waals surface area contributed by atoms with Crippen LogP contribution in [-0.2, 0) is 53.6 Å². The minimum Gasteiger partial charge on any atom is 0 e. The summed E-state index contributed by atoms with van der Waals surface area (Å²) in [5.74, 6) is 0. The Morgan fingerprint density at radius 1 is 1.00 bits per heavy atom. The summed E-state index contributed by atoms with van der Waals surface area (Å²) >= 11 is 0. The van der Waals surface area contributed by atoms with E-state index in [4.69, 9.17) is 0 Å². The van der Waals surface area contributed by atoms with E-state index in [2.05, 4.69) is 0 Å². The van der Waals surface area contributed by atoms with Crippen molar-refractivity contribution in [3.63, 3.8) is 0 Å². The maximum atomic E-state index is 0. The van der Waals surface area contributed by atoms with Crippen molar-refractivity contribution >= 4 is 27.3 Å². The molecule has 0 fully saturated rings. The SMILES string of the molecule is [Fe].[Mn].[Pb].[Zn]. The maximum Gasteiger partial charge on any atom is 0 e. The fourth-order valence-corrected chi connectivity index (χ4v) is 0. The molecule has 4 heavy (non-hydrogen) atoms. The first-order chi connectivity index (χ1) is 0. The van der Waals surface area contributed by atoms with Gasteiger partial charge in [-0.05, 0) is 0 Å². The van der Waals surface area contributed by atoms with E-state index in [1.54, 1.807) is 0 Å². The third kappa shape index (κ3) is 8.82. The second-order valence-electron chi connectivity index (χ2n) is 0. The zero-order valence-corrected chi connectivity index (χ0v) is 11.1. The van der Waals surface area contributed by atoms with Crippen LogP contribution in [0.4, 0.5) is 0 Å². The molecular formula is FeMnPbZn. The summed E-state index contributed by atoms with van der Waals surface area (Å²) in [6, 6.07) is 0. The van der Waals surface area contributed by atoms with E-state index in [9.17, 15) is 0 Å². The molecule has 4 heteroatoms. The fourth-order valence-electron chi connectivity index (χ4n) is 0. The Kier molecular flexibility index (Phi) is 135. The van der Waals surface area contributed by atoms with Crippen molar-refractivity contribution < 1.29 is 53.6 Å². The summed E-state index contributed by atoms with van der Waals surface area (Å²) in [4.78, 5) is 0. The van der Waals surface area contributed by atoms with E-state index in [-0.39, 0.29) is 80.9 Å². The molecule has 0 aliphatic rings. The van der Waals surface area contributed by atoms with E-state index in [1.165, 1.54) is 0 Å². The van der Waals surface area contributed by atoms with Gasteiger partial charge in [0, 0.05) is 80.9 Å². The molecule has 0 atom stereocenters. The standard InChI is InChI=1S/Fe.Mn.Pb.Zn. The zero-order valence-electron chi connectivity index (χ0n) is 1.94. The van der Waals surface area contributed by atoms with Gasteiger partial charge in [-0.2, -0.15) is 0 Å². The smallest absolute Gasteiger partial charge is 0 e. The Morgan fingerprint density at radius 3 is 1.00 bits per heavy atom. The Balaban J connectivity index is 0.